The molecule has 2 aromatic heterocycles. The normalized spacial score (nSPS) is 24.2. The van der Waals surface area contributed by atoms with Crippen molar-refractivity contribution in [2.75, 3.05) is 18.5 Å². The van der Waals surface area contributed by atoms with Crippen molar-refractivity contribution in [3.63, 3.8) is 0 Å². The molecule has 1 fully saturated rings. The van der Waals surface area contributed by atoms with Gasteiger partial charge in [0.2, 0.25) is 5.95 Å². The van der Waals surface area contributed by atoms with Crippen LogP contribution in [-0.2, 0) is 9.53 Å². The zero-order valence-corrected chi connectivity index (χ0v) is 12.2. The third-order valence-corrected chi connectivity index (χ3v) is 3.68. The highest BCUT2D eigenvalue weighted by Crippen LogP contribution is 2.30. The van der Waals surface area contributed by atoms with Crippen LogP contribution in [0.15, 0.2) is 11.1 Å². The number of hydrogen-bond donors (Lipinski definition) is 4. The van der Waals surface area contributed by atoms with E-state index < -0.39 is 24.0 Å². The van der Waals surface area contributed by atoms with E-state index in [1.807, 2.05) is 0 Å². The fourth-order valence-corrected chi connectivity index (χ4v) is 2.52. The number of carbonyl (C=O) groups excluding carboxylic acids is 1. The van der Waals surface area contributed by atoms with Crippen LogP contribution < -0.4 is 10.9 Å². The van der Waals surface area contributed by atoms with Gasteiger partial charge in [0.15, 0.2) is 11.2 Å². The molecule has 1 aliphatic heterocycles. The summed E-state index contributed by atoms with van der Waals surface area (Å²) in [5.74, 6) is 0.225. The Morgan fingerprint density at radius 1 is 1.57 bits per heavy atom. The van der Waals surface area contributed by atoms with Crippen LogP contribution in [0.3, 0.4) is 0 Å². The Morgan fingerprint density at radius 2 is 2.39 bits per heavy atom. The molecule has 1 saturated heterocycles. The van der Waals surface area contributed by atoms with Gasteiger partial charge < -0.3 is 25.1 Å². The van der Waals surface area contributed by atoms with Gasteiger partial charge >= 0.3 is 0 Å². The van der Waals surface area contributed by atoms with E-state index in [1.54, 1.807) is 4.57 Å². The molecule has 3 heterocycles. The van der Waals surface area contributed by atoms with Crippen LogP contribution in [0.25, 0.3) is 11.2 Å². The number of aliphatic hydroxyl groups is 2. The highest BCUT2D eigenvalue weighted by Gasteiger charge is 2.35. The lowest BCUT2D eigenvalue weighted by molar-refractivity contribution is -0.107. The van der Waals surface area contributed by atoms with E-state index in [1.165, 1.54) is 6.33 Å². The maximum Gasteiger partial charge on any atom is 0.280 e. The Kier molecular flexibility index (Phi) is 4.37. The van der Waals surface area contributed by atoms with Gasteiger partial charge in [-0.3, -0.25) is 14.3 Å². The Labute approximate surface area is 130 Å². The minimum absolute atomic E-state index is 0.150. The molecule has 23 heavy (non-hydrogen) atoms. The van der Waals surface area contributed by atoms with Crippen molar-refractivity contribution in [1.29, 1.82) is 0 Å². The lowest BCUT2D eigenvalue weighted by atomic mass is 10.2. The topological polar surface area (TPSA) is 142 Å². The number of aldehydes is 1. The average Bonchev–Trinajstić information content (AvgIpc) is 3.11. The van der Waals surface area contributed by atoms with Crippen LogP contribution >= 0.6 is 0 Å². The molecule has 1 aliphatic rings. The Balaban J connectivity index is 1.92. The summed E-state index contributed by atoms with van der Waals surface area (Å²) in [6, 6.07) is 0. The number of ether oxygens (including phenoxy) is 1. The van der Waals surface area contributed by atoms with Crippen molar-refractivity contribution < 1.29 is 19.7 Å². The van der Waals surface area contributed by atoms with E-state index in [9.17, 15) is 14.7 Å². The van der Waals surface area contributed by atoms with Crippen LogP contribution in [0.2, 0.25) is 0 Å². The SMILES string of the molecule is O=CCCNc1nc2c(ncn2[C@H]2C[C@H](O)[C@@H](CO)O2)c(=O)[nH]1. The smallest absolute Gasteiger partial charge is 0.280 e. The molecule has 0 spiro atoms. The molecule has 4 N–H and O–H groups in total. The molecular formula is C13H17N5O5. The van der Waals surface area contributed by atoms with Crippen molar-refractivity contribution >= 4 is 23.4 Å². The average molecular weight is 323 g/mol. The lowest BCUT2D eigenvalue weighted by Crippen LogP contribution is -2.24. The minimum Gasteiger partial charge on any atom is -0.394 e. The molecule has 3 rings (SSSR count). The van der Waals surface area contributed by atoms with E-state index in [0.29, 0.717) is 12.2 Å². The van der Waals surface area contributed by atoms with E-state index in [-0.39, 0.29) is 30.9 Å². The molecular weight excluding hydrogens is 306 g/mol. The van der Waals surface area contributed by atoms with Gasteiger partial charge in [0.25, 0.3) is 5.56 Å². The van der Waals surface area contributed by atoms with Crippen molar-refractivity contribution in [1.82, 2.24) is 19.5 Å². The minimum atomic E-state index is -0.797. The van der Waals surface area contributed by atoms with Crippen LogP contribution in [0, 0.1) is 0 Å². The van der Waals surface area contributed by atoms with Gasteiger partial charge in [-0.2, -0.15) is 4.98 Å². The second-order valence-electron chi connectivity index (χ2n) is 5.24. The molecule has 0 saturated carbocycles. The highest BCUT2D eigenvalue weighted by molar-refractivity contribution is 5.71. The number of carbonyl (C=O) groups is 1. The third kappa shape index (κ3) is 2.96. The zero-order chi connectivity index (χ0) is 16.4. The van der Waals surface area contributed by atoms with E-state index in [2.05, 4.69) is 20.3 Å². The molecule has 10 nitrogen and oxygen atoms in total. The number of H-pyrrole nitrogens is 1. The van der Waals surface area contributed by atoms with Gasteiger partial charge in [-0.1, -0.05) is 0 Å². The second-order valence-corrected chi connectivity index (χ2v) is 5.24. The lowest BCUT2D eigenvalue weighted by Gasteiger charge is -2.13. The number of fused-ring (bicyclic) bond motifs is 1. The molecule has 0 amide bonds. The first kappa shape index (κ1) is 15.6. The molecule has 2 aromatic rings. The molecule has 0 aromatic carbocycles. The van der Waals surface area contributed by atoms with Crippen LogP contribution in [-0.4, -0.2) is 61.4 Å². The van der Waals surface area contributed by atoms with Crippen LogP contribution in [0.5, 0.6) is 0 Å². The van der Waals surface area contributed by atoms with Crippen molar-refractivity contribution in [3.8, 4) is 0 Å². The summed E-state index contributed by atoms with van der Waals surface area (Å²) in [4.78, 5) is 33.2. The summed E-state index contributed by atoms with van der Waals surface area (Å²) < 4.78 is 7.11. The molecule has 3 atom stereocenters. The molecule has 0 radical (unpaired) electrons. The highest BCUT2D eigenvalue weighted by atomic mass is 16.5. The summed E-state index contributed by atoms with van der Waals surface area (Å²) in [5, 5.41) is 21.8. The number of imidazole rings is 1. The van der Waals surface area contributed by atoms with Gasteiger partial charge in [-0.25, -0.2) is 4.98 Å². The number of nitrogens with zero attached hydrogens (tertiary/aromatic N) is 3. The number of aromatic nitrogens is 4. The first-order valence-electron chi connectivity index (χ1n) is 7.22. The number of aromatic amines is 1. The summed E-state index contributed by atoms with van der Waals surface area (Å²) in [5.41, 5.74) is 0.0363. The first-order valence-corrected chi connectivity index (χ1v) is 7.22. The molecule has 0 bridgehead atoms. The quantitative estimate of drug-likeness (QED) is 0.382. The van der Waals surface area contributed by atoms with Crippen molar-refractivity contribution in [3.05, 3.63) is 16.7 Å². The summed E-state index contributed by atoms with van der Waals surface area (Å²) in [6.07, 6.45) is 0.690. The summed E-state index contributed by atoms with van der Waals surface area (Å²) in [6.45, 7) is 0.0497. The zero-order valence-electron chi connectivity index (χ0n) is 12.2. The van der Waals surface area contributed by atoms with E-state index >= 15 is 0 Å². The molecule has 0 unspecified atom stereocenters. The van der Waals surface area contributed by atoms with Gasteiger partial charge in [0, 0.05) is 19.4 Å². The fourth-order valence-electron chi connectivity index (χ4n) is 2.52. The van der Waals surface area contributed by atoms with Crippen LogP contribution in [0.4, 0.5) is 5.95 Å². The van der Waals surface area contributed by atoms with Crippen molar-refractivity contribution in [2.24, 2.45) is 0 Å². The monoisotopic (exact) mass is 323 g/mol. The Hall–Kier alpha value is -2.30. The predicted molar refractivity (Wildman–Crippen MR) is 78.9 cm³/mol. The Morgan fingerprint density at radius 3 is 3.09 bits per heavy atom. The predicted octanol–water partition coefficient (Wildman–Crippen LogP) is -1.24. The van der Waals surface area contributed by atoms with Crippen LogP contribution in [0.1, 0.15) is 19.1 Å². The number of aliphatic hydroxyl groups excluding tert-OH is 2. The Bertz CT molecular complexity index is 757. The van der Waals surface area contributed by atoms with Gasteiger partial charge in [-0.15, -0.1) is 0 Å². The number of rotatable bonds is 6. The van der Waals surface area contributed by atoms with Gasteiger partial charge in [0.05, 0.1) is 19.0 Å². The molecule has 124 valence electrons. The molecule has 10 heteroatoms. The maximum absolute atomic E-state index is 12.0. The number of anilines is 1. The first-order chi connectivity index (χ1) is 11.1. The third-order valence-electron chi connectivity index (χ3n) is 3.68. The van der Waals surface area contributed by atoms with E-state index in [0.717, 1.165) is 6.29 Å². The summed E-state index contributed by atoms with van der Waals surface area (Å²) >= 11 is 0. The van der Waals surface area contributed by atoms with Gasteiger partial charge in [-0.05, 0) is 0 Å². The maximum atomic E-state index is 12.0. The summed E-state index contributed by atoms with van der Waals surface area (Å²) in [7, 11) is 0. The number of nitrogens with one attached hydrogen (secondary N) is 2. The van der Waals surface area contributed by atoms with Crippen molar-refractivity contribution in [2.45, 2.75) is 31.3 Å². The van der Waals surface area contributed by atoms with Gasteiger partial charge in [0.1, 0.15) is 18.6 Å². The largest absolute Gasteiger partial charge is 0.394 e. The number of hydrogen-bond acceptors (Lipinski definition) is 8. The second kappa shape index (κ2) is 6.44. The molecule has 0 aliphatic carbocycles. The van der Waals surface area contributed by atoms with E-state index in [4.69, 9.17) is 9.84 Å². The standard InChI is InChI=1S/C13H17N5O5/c19-3-1-2-14-13-16-11-10(12(22)17-13)15-6-18(11)9-4-7(21)8(5-20)23-9/h3,6-9,20-21H,1-2,4-5H2,(H2,14,16,17,22)/t7-,8+,9+/m0/s1. The fraction of sp³-hybridized carbons (Fsp3) is 0.538.